The number of allylic oxidation sites excluding steroid dienone is 4. The van der Waals surface area contributed by atoms with Crippen LogP contribution in [0, 0.1) is 11.8 Å². The van der Waals surface area contributed by atoms with Gasteiger partial charge in [0, 0.05) is 0 Å². The fourth-order valence-corrected chi connectivity index (χ4v) is 1.69. The topological polar surface area (TPSA) is 0 Å². The minimum Gasteiger partial charge on any atom is -0.0917 e. The van der Waals surface area contributed by atoms with E-state index in [0.29, 0.717) is 0 Å². The van der Waals surface area contributed by atoms with Crippen LogP contribution in [-0.4, -0.2) is 0 Å². The normalized spacial score (nSPS) is 16.9. The number of hydrogen-bond acceptors (Lipinski definition) is 0. The van der Waals surface area contributed by atoms with E-state index in [0.717, 1.165) is 11.8 Å². The minimum atomic E-state index is 0.736. The maximum absolute atomic E-state index is 2.30. The Morgan fingerprint density at radius 2 is 1.85 bits per heavy atom. The lowest BCUT2D eigenvalue weighted by Gasteiger charge is -2.15. The summed E-state index contributed by atoms with van der Waals surface area (Å²) < 4.78 is 0. The Bertz CT molecular complexity index is 153. The Hall–Kier alpha value is -0.520. The molecule has 13 heavy (non-hydrogen) atoms. The van der Waals surface area contributed by atoms with Crippen LogP contribution in [0.5, 0.6) is 0 Å². The zero-order chi connectivity index (χ0) is 10.1. The van der Waals surface area contributed by atoms with Crippen molar-refractivity contribution in [2.45, 2.75) is 47.0 Å². The van der Waals surface area contributed by atoms with E-state index in [1.807, 2.05) is 0 Å². The molecule has 0 aliphatic carbocycles. The van der Waals surface area contributed by atoms with Crippen molar-refractivity contribution >= 4 is 0 Å². The summed E-state index contributed by atoms with van der Waals surface area (Å²) in [5, 5.41) is 0. The van der Waals surface area contributed by atoms with E-state index in [2.05, 4.69) is 52.0 Å². The standard InChI is InChI=1S/C13H24/c1-5-8-10-13(7-3)11-12(4)9-6-2/h5-6,8-9,12-13H,7,10-11H2,1-4H3. The maximum atomic E-state index is 2.30. The minimum absolute atomic E-state index is 0.736. The molecule has 0 aromatic carbocycles. The van der Waals surface area contributed by atoms with Crippen LogP contribution in [0.3, 0.4) is 0 Å². The molecule has 2 unspecified atom stereocenters. The Balaban J connectivity index is 3.82. The van der Waals surface area contributed by atoms with E-state index in [1.165, 1.54) is 19.3 Å². The van der Waals surface area contributed by atoms with Crippen molar-refractivity contribution in [1.29, 1.82) is 0 Å². The van der Waals surface area contributed by atoms with Crippen molar-refractivity contribution in [3.63, 3.8) is 0 Å². The molecule has 0 aromatic heterocycles. The maximum Gasteiger partial charge on any atom is -0.0259 e. The van der Waals surface area contributed by atoms with Crippen LogP contribution >= 0.6 is 0 Å². The second-order valence-corrected chi connectivity index (χ2v) is 3.82. The molecule has 0 amide bonds. The molecule has 76 valence electrons. The third-order valence-electron chi connectivity index (χ3n) is 2.51. The first-order valence-corrected chi connectivity index (χ1v) is 5.48. The van der Waals surface area contributed by atoms with Gasteiger partial charge in [-0.05, 0) is 38.5 Å². The highest BCUT2D eigenvalue weighted by Crippen LogP contribution is 2.20. The summed E-state index contributed by atoms with van der Waals surface area (Å²) in [7, 11) is 0. The van der Waals surface area contributed by atoms with E-state index >= 15 is 0 Å². The van der Waals surface area contributed by atoms with Crippen LogP contribution in [0.25, 0.3) is 0 Å². The molecule has 0 nitrogen and oxygen atoms in total. The fraction of sp³-hybridized carbons (Fsp3) is 0.692. The van der Waals surface area contributed by atoms with E-state index in [4.69, 9.17) is 0 Å². The lowest BCUT2D eigenvalue weighted by molar-refractivity contribution is 0.424. The van der Waals surface area contributed by atoms with Crippen molar-refractivity contribution in [2.24, 2.45) is 11.8 Å². The van der Waals surface area contributed by atoms with Gasteiger partial charge < -0.3 is 0 Å². The average Bonchev–Trinajstić information content (AvgIpc) is 2.12. The van der Waals surface area contributed by atoms with Gasteiger partial charge in [-0.25, -0.2) is 0 Å². The third-order valence-corrected chi connectivity index (χ3v) is 2.51. The van der Waals surface area contributed by atoms with Crippen LogP contribution in [0.1, 0.15) is 47.0 Å². The Morgan fingerprint density at radius 1 is 1.15 bits per heavy atom. The van der Waals surface area contributed by atoms with Gasteiger partial charge in [-0.15, -0.1) is 0 Å². The molecule has 0 saturated carbocycles. The van der Waals surface area contributed by atoms with Gasteiger partial charge in [-0.3, -0.25) is 0 Å². The molecule has 0 aliphatic heterocycles. The van der Waals surface area contributed by atoms with Crippen LogP contribution in [-0.2, 0) is 0 Å². The molecule has 0 spiro atoms. The van der Waals surface area contributed by atoms with Crippen LogP contribution in [0.2, 0.25) is 0 Å². The van der Waals surface area contributed by atoms with Crippen molar-refractivity contribution in [3.05, 3.63) is 24.3 Å². The number of rotatable bonds is 6. The summed E-state index contributed by atoms with van der Waals surface area (Å²) in [4.78, 5) is 0. The first-order chi connectivity index (χ1) is 6.24. The molecule has 0 heterocycles. The lowest BCUT2D eigenvalue weighted by atomic mass is 9.91. The summed E-state index contributed by atoms with van der Waals surface area (Å²) in [5.41, 5.74) is 0. The van der Waals surface area contributed by atoms with E-state index < -0.39 is 0 Å². The second kappa shape index (κ2) is 8.10. The van der Waals surface area contributed by atoms with Crippen LogP contribution in [0.15, 0.2) is 24.3 Å². The van der Waals surface area contributed by atoms with Gasteiger partial charge >= 0.3 is 0 Å². The molecule has 0 rings (SSSR count). The molecule has 0 N–H and O–H groups in total. The molecule has 2 atom stereocenters. The smallest absolute Gasteiger partial charge is 0.0259 e. The molecule has 0 heteroatoms. The predicted octanol–water partition coefficient (Wildman–Crippen LogP) is 4.58. The van der Waals surface area contributed by atoms with Crippen LogP contribution < -0.4 is 0 Å². The van der Waals surface area contributed by atoms with E-state index in [-0.39, 0.29) is 0 Å². The summed E-state index contributed by atoms with van der Waals surface area (Å²) in [5.74, 6) is 1.60. The molecule has 0 radical (unpaired) electrons. The van der Waals surface area contributed by atoms with E-state index in [1.54, 1.807) is 0 Å². The number of hydrogen-bond donors (Lipinski definition) is 0. The first-order valence-electron chi connectivity index (χ1n) is 5.48. The molecule has 0 saturated heterocycles. The Morgan fingerprint density at radius 3 is 2.31 bits per heavy atom. The van der Waals surface area contributed by atoms with Gasteiger partial charge in [0.25, 0.3) is 0 Å². The van der Waals surface area contributed by atoms with Gasteiger partial charge in [0.2, 0.25) is 0 Å². The van der Waals surface area contributed by atoms with E-state index in [9.17, 15) is 0 Å². The molecule has 0 fully saturated rings. The van der Waals surface area contributed by atoms with Gasteiger partial charge in [-0.1, -0.05) is 44.6 Å². The zero-order valence-corrected chi connectivity index (χ0v) is 9.59. The summed E-state index contributed by atoms with van der Waals surface area (Å²) in [6.07, 6.45) is 12.8. The Labute approximate surface area is 83.7 Å². The predicted molar refractivity (Wildman–Crippen MR) is 61.8 cm³/mol. The summed E-state index contributed by atoms with van der Waals surface area (Å²) in [6, 6.07) is 0. The van der Waals surface area contributed by atoms with Crippen molar-refractivity contribution in [3.8, 4) is 0 Å². The highest BCUT2D eigenvalue weighted by atomic mass is 14.1. The summed E-state index contributed by atoms with van der Waals surface area (Å²) in [6.45, 7) is 8.79. The first kappa shape index (κ1) is 12.5. The van der Waals surface area contributed by atoms with Crippen LogP contribution in [0.4, 0.5) is 0 Å². The van der Waals surface area contributed by atoms with Gasteiger partial charge in [-0.2, -0.15) is 0 Å². The van der Waals surface area contributed by atoms with Gasteiger partial charge in [0.15, 0.2) is 0 Å². The third kappa shape index (κ3) is 6.62. The summed E-state index contributed by atoms with van der Waals surface area (Å²) >= 11 is 0. The monoisotopic (exact) mass is 180 g/mol. The molecule has 0 aromatic rings. The van der Waals surface area contributed by atoms with Crippen molar-refractivity contribution < 1.29 is 0 Å². The van der Waals surface area contributed by atoms with Crippen molar-refractivity contribution in [1.82, 2.24) is 0 Å². The highest BCUT2D eigenvalue weighted by Gasteiger charge is 2.07. The fourth-order valence-electron chi connectivity index (χ4n) is 1.69. The molecular formula is C13H24. The second-order valence-electron chi connectivity index (χ2n) is 3.82. The largest absolute Gasteiger partial charge is 0.0917 e. The molecular weight excluding hydrogens is 156 g/mol. The van der Waals surface area contributed by atoms with Gasteiger partial charge in [0.05, 0.1) is 0 Å². The Kier molecular flexibility index (Phi) is 7.77. The highest BCUT2D eigenvalue weighted by molar-refractivity contribution is 4.86. The average molecular weight is 180 g/mol. The lowest BCUT2D eigenvalue weighted by Crippen LogP contribution is -2.02. The zero-order valence-electron chi connectivity index (χ0n) is 9.59. The molecule has 0 aliphatic rings. The SMILES string of the molecule is CC=CCC(CC)CC(C)C=CC. The molecule has 0 bridgehead atoms. The quantitative estimate of drug-likeness (QED) is 0.525. The van der Waals surface area contributed by atoms with Gasteiger partial charge in [0.1, 0.15) is 0 Å². The van der Waals surface area contributed by atoms with Crippen molar-refractivity contribution in [2.75, 3.05) is 0 Å².